The van der Waals surface area contributed by atoms with Crippen LogP contribution in [0.15, 0.2) is 35.2 Å². The largest absolute Gasteiger partial charge is 0.379 e. The van der Waals surface area contributed by atoms with Gasteiger partial charge in [0.05, 0.1) is 18.1 Å². The molecule has 7 heteroatoms. The maximum atomic E-state index is 12.9. The van der Waals surface area contributed by atoms with Gasteiger partial charge in [-0.3, -0.25) is 4.79 Å². The summed E-state index contributed by atoms with van der Waals surface area (Å²) >= 11 is 0. The van der Waals surface area contributed by atoms with Crippen LogP contribution in [0.1, 0.15) is 27.3 Å². The second kappa shape index (κ2) is 6.51. The fourth-order valence-electron chi connectivity index (χ4n) is 2.91. The first-order chi connectivity index (χ1) is 11.4. The van der Waals surface area contributed by atoms with Gasteiger partial charge in [-0.25, -0.2) is 8.42 Å². The molecule has 0 aliphatic carbocycles. The number of nitrogens with one attached hydrogen (secondary N) is 1. The van der Waals surface area contributed by atoms with E-state index in [4.69, 9.17) is 4.74 Å². The maximum Gasteiger partial charge on any atom is 0.243 e. The van der Waals surface area contributed by atoms with Gasteiger partial charge < -0.3 is 9.72 Å². The van der Waals surface area contributed by atoms with E-state index in [9.17, 15) is 13.2 Å². The molecule has 0 radical (unpaired) electrons. The molecule has 0 saturated carbocycles. The fourth-order valence-corrected chi connectivity index (χ4v) is 4.51. The first-order valence-corrected chi connectivity index (χ1v) is 9.23. The number of hydrogen-bond donors (Lipinski definition) is 1. The van der Waals surface area contributed by atoms with Gasteiger partial charge in [-0.2, -0.15) is 4.31 Å². The number of aryl methyl sites for hydroxylation is 2. The van der Waals surface area contributed by atoms with Gasteiger partial charge in [0.2, 0.25) is 10.0 Å². The second-order valence-corrected chi connectivity index (χ2v) is 7.74. The van der Waals surface area contributed by atoms with Crippen molar-refractivity contribution in [2.75, 3.05) is 26.3 Å². The Morgan fingerprint density at radius 1 is 1.12 bits per heavy atom. The number of benzene rings is 1. The molecule has 0 bridgehead atoms. The first kappa shape index (κ1) is 16.9. The van der Waals surface area contributed by atoms with Crippen molar-refractivity contribution in [3.05, 3.63) is 52.8 Å². The number of morpholine rings is 1. The summed E-state index contributed by atoms with van der Waals surface area (Å²) in [6.07, 6.45) is 0. The standard InChI is InChI=1S/C17H20N2O4S/c1-12-11-15(13(2)18-12)17(20)14-5-3-4-6-16(14)24(21,22)19-7-9-23-10-8-19/h3-6,11,18H,7-10H2,1-2H3. The van der Waals surface area contributed by atoms with Crippen LogP contribution in [0.4, 0.5) is 0 Å². The Morgan fingerprint density at radius 2 is 1.79 bits per heavy atom. The van der Waals surface area contributed by atoms with Crippen LogP contribution >= 0.6 is 0 Å². The molecular formula is C17H20N2O4S. The second-order valence-electron chi connectivity index (χ2n) is 5.83. The van der Waals surface area contributed by atoms with Gasteiger partial charge in [-0.15, -0.1) is 0 Å². The van der Waals surface area contributed by atoms with Crippen molar-refractivity contribution in [1.82, 2.24) is 9.29 Å². The molecular weight excluding hydrogens is 328 g/mol. The average molecular weight is 348 g/mol. The van der Waals surface area contributed by atoms with Crippen LogP contribution in [0, 0.1) is 13.8 Å². The topological polar surface area (TPSA) is 79.5 Å². The lowest BCUT2D eigenvalue weighted by Gasteiger charge is -2.26. The van der Waals surface area contributed by atoms with Crippen molar-refractivity contribution in [1.29, 1.82) is 0 Å². The number of H-pyrrole nitrogens is 1. The Hall–Kier alpha value is -1.96. The third kappa shape index (κ3) is 3.02. The van der Waals surface area contributed by atoms with Crippen LogP contribution in [0.2, 0.25) is 0 Å². The highest BCUT2D eigenvalue weighted by atomic mass is 32.2. The summed E-state index contributed by atoms with van der Waals surface area (Å²) in [6.45, 7) is 5.00. The highest BCUT2D eigenvalue weighted by molar-refractivity contribution is 7.89. The lowest BCUT2D eigenvalue weighted by atomic mass is 10.0. The molecule has 0 amide bonds. The zero-order chi connectivity index (χ0) is 17.3. The van der Waals surface area contributed by atoms with E-state index in [1.165, 1.54) is 10.4 Å². The van der Waals surface area contributed by atoms with Crippen molar-refractivity contribution in [2.45, 2.75) is 18.7 Å². The van der Waals surface area contributed by atoms with Crippen molar-refractivity contribution < 1.29 is 17.9 Å². The molecule has 1 fully saturated rings. The molecule has 128 valence electrons. The molecule has 1 aliphatic heterocycles. The van der Waals surface area contributed by atoms with Crippen LogP contribution in [0.5, 0.6) is 0 Å². The number of aromatic amines is 1. The molecule has 1 aromatic carbocycles. The third-order valence-electron chi connectivity index (χ3n) is 4.11. The Morgan fingerprint density at radius 3 is 2.42 bits per heavy atom. The van der Waals surface area contributed by atoms with Crippen LogP contribution in [-0.2, 0) is 14.8 Å². The summed E-state index contributed by atoms with van der Waals surface area (Å²) in [6, 6.07) is 8.12. The molecule has 0 unspecified atom stereocenters. The number of nitrogens with zero attached hydrogens (tertiary/aromatic N) is 1. The number of aromatic nitrogens is 1. The van der Waals surface area contributed by atoms with E-state index in [0.717, 1.165) is 11.4 Å². The summed E-state index contributed by atoms with van der Waals surface area (Å²) in [5.41, 5.74) is 2.30. The Labute approximate surface area is 141 Å². The van der Waals surface area contributed by atoms with Gasteiger partial charge in [0.1, 0.15) is 0 Å². The summed E-state index contributed by atoms with van der Waals surface area (Å²) in [7, 11) is -3.73. The van der Waals surface area contributed by atoms with E-state index in [0.29, 0.717) is 31.9 Å². The van der Waals surface area contributed by atoms with E-state index in [2.05, 4.69) is 4.98 Å². The van der Waals surface area contributed by atoms with Crippen LogP contribution in [-0.4, -0.2) is 49.8 Å². The summed E-state index contributed by atoms with van der Waals surface area (Å²) < 4.78 is 32.5. The van der Waals surface area contributed by atoms with E-state index >= 15 is 0 Å². The fraction of sp³-hybridized carbons (Fsp3) is 0.353. The van der Waals surface area contributed by atoms with Gasteiger partial charge in [0, 0.05) is 35.6 Å². The van der Waals surface area contributed by atoms with Gasteiger partial charge in [0.25, 0.3) is 0 Å². The smallest absolute Gasteiger partial charge is 0.243 e. The van der Waals surface area contributed by atoms with Crippen molar-refractivity contribution in [3.8, 4) is 0 Å². The lowest BCUT2D eigenvalue weighted by Crippen LogP contribution is -2.41. The molecule has 1 N–H and O–H groups in total. The molecule has 0 atom stereocenters. The highest BCUT2D eigenvalue weighted by Crippen LogP contribution is 2.24. The van der Waals surface area contributed by atoms with E-state index in [1.54, 1.807) is 31.2 Å². The lowest BCUT2D eigenvalue weighted by molar-refractivity contribution is 0.0730. The molecule has 0 spiro atoms. The molecule has 2 aromatic rings. The van der Waals surface area contributed by atoms with E-state index in [-0.39, 0.29) is 16.2 Å². The normalized spacial score (nSPS) is 16.2. The number of carbonyl (C=O) groups excluding carboxylic acids is 1. The van der Waals surface area contributed by atoms with Gasteiger partial charge in [-0.1, -0.05) is 12.1 Å². The molecule has 6 nitrogen and oxygen atoms in total. The third-order valence-corrected chi connectivity index (χ3v) is 6.07. The molecule has 1 aromatic heterocycles. The Bertz CT molecular complexity index is 864. The molecule has 3 rings (SSSR count). The SMILES string of the molecule is Cc1cc(C(=O)c2ccccc2S(=O)(=O)N2CCOCC2)c(C)[nH]1. The molecule has 1 saturated heterocycles. The van der Waals surface area contributed by atoms with Gasteiger partial charge in [-0.05, 0) is 32.0 Å². The quantitative estimate of drug-likeness (QED) is 0.856. The minimum Gasteiger partial charge on any atom is -0.379 e. The molecule has 24 heavy (non-hydrogen) atoms. The van der Waals surface area contributed by atoms with E-state index < -0.39 is 10.0 Å². The number of ketones is 1. The van der Waals surface area contributed by atoms with Crippen molar-refractivity contribution >= 4 is 15.8 Å². The van der Waals surface area contributed by atoms with Crippen molar-refractivity contribution in [3.63, 3.8) is 0 Å². The van der Waals surface area contributed by atoms with Crippen molar-refractivity contribution in [2.24, 2.45) is 0 Å². The zero-order valence-corrected chi connectivity index (χ0v) is 14.5. The molecule has 2 heterocycles. The number of ether oxygens (including phenoxy) is 1. The number of carbonyl (C=O) groups is 1. The Kier molecular flexibility index (Phi) is 4.58. The zero-order valence-electron chi connectivity index (χ0n) is 13.7. The summed E-state index contributed by atoms with van der Waals surface area (Å²) in [4.78, 5) is 16.0. The van der Waals surface area contributed by atoms with Gasteiger partial charge in [0.15, 0.2) is 5.78 Å². The van der Waals surface area contributed by atoms with Crippen LogP contribution < -0.4 is 0 Å². The molecule has 1 aliphatic rings. The van der Waals surface area contributed by atoms with Crippen LogP contribution in [0.3, 0.4) is 0 Å². The minimum atomic E-state index is -3.73. The maximum absolute atomic E-state index is 12.9. The average Bonchev–Trinajstić information content (AvgIpc) is 2.93. The number of sulfonamides is 1. The predicted molar refractivity (Wildman–Crippen MR) is 89.7 cm³/mol. The highest BCUT2D eigenvalue weighted by Gasteiger charge is 2.30. The minimum absolute atomic E-state index is 0.0511. The monoisotopic (exact) mass is 348 g/mol. The Balaban J connectivity index is 2.05. The number of hydrogen-bond acceptors (Lipinski definition) is 4. The number of rotatable bonds is 4. The van der Waals surface area contributed by atoms with Crippen LogP contribution in [0.25, 0.3) is 0 Å². The van der Waals surface area contributed by atoms with E-state index in [1.807, 2.05) is 6.92 Å². The first-order valence-electron chi connectivity index (χ1n) is 7.79. The summed E-state index contributed by atoms with van der Waals surface area (Å²) in [5.74, 6) is -0.288. The summed E-state index contributed by atoms with van der Waals surface area (Å²) in [5, 5.41) is 0. The van der Waals surface area contributed by atoms with Gasteiger partial charge >= 0.3 is 0 Å². The predicted octanol–water partition coefficient (Wildman–Crippen LogP) is 1.88.